The monoisotopic (exact) mass is 495 g/mol. The first kappa shape index (κ1) is 24.4. The standard InChI is InChI=1S/C27H27Cl2N3O2/c1-19-16-32(26-11-10-24(14-25(26)29)34-13-12-33)27(22-6-8-23(28)9-7-22)18-31(19)17-21-4-2-20(15-30)3-5-21/h2-11,14,19,27,33H,12-13,16-18H2,1H3/t19-,27+/m1/s1. The molecular weight excluding hydrogens is 469 g/mol. The van der Waals surface area contributed by atoms with E-state index in [4.69, 9.17) is 38.3 Å². The Morgan fingerprint density at radius 1 is 1.03 bits per heavy atom. The van der Waals surface area contributed by atoms with Crippen molar-refractivity contribution in [2.24, 2.45) is 0 Å². The molecule has 1 aliphatic heterocycles. The molecule has 1 fully saturated rings. The van der Waals surface area contributed by atoms with E-state index in [1.54, 1.807) is 6.07 Å². The van der Waals surface area contributed by atoms with E-state index < -0.39 is 0 Å². The van der Waals surface area contributed by atoms with Gasteiger partial charge in [0.15, 0.2) is 0 Å². The van der Waals surface area contributed by atoms with Crippen LogP contribution in [0.25, 0.3) is 0 Å². The van der Waals surface area contributed by atoms with Crippen molar-refractivity contribution in [3.05, 3.63) is 93.5 Å². The van der Waals surface area contributed by atoms with Gasteiger partial charge in [-0.25, -0.2) is 0 Å². The van der Waals surface area contributed by atoms with Crippen LogP contribution in [0.3, 0.4) is 0 Å². The number of benzene rings is 3. The maximum absolute atomic E-state index is 9.09. The van der Waals surface area contributed by atoms with Crippen LogP contribution in [0.4, 0.5) is 5.69 Å². The van der Waals surface area contributed by atoms with Gasteiger partial charge in [-0.15, -0.1) is 0 Å². The molecule has 1 heterocycles. The Balaban J connectivity index is 1.62. The lowest BCUT2D eigenvalue weighted by Crippen LogP contribution is -2.53. The zero-order valence-corrected chi connectivity index (χ0v) is 20.5. The smallest absolute Gasteiger partial charge is 0.121 e. The third-order valence-electron chi connectivity index (χ3n) is 6.18. The summed E-state index contributed by atoms with van der Waals surface area (Å²) in [7, 11) is 0. The number of aliphatic hydroxyl groups is 1. The first-order valence-electron chi connectivity index (χ1n) is 11.3. The topological polar surface area (TPSA) is 59.7 Å². The quantitative estimate of drug-likeness (QED) is 0.456. The number of hydrogen-bond acceptors (Lipinski definition) is 5. The summed E-state index contributed by atoms with van der Waals surface area (Å²) in [4.78, 5) is 4.81. The predicted octanol–water partition coefficient (Wildman–Crippen LogP) is 5.69. The molecular formula is C27H27Cl2N3O2. The summed E-state index contributed by atoms with van der Waals surface area (Å²) < 4.78 is 5.53. The molecule has 3 aromatic carbocycles. The molecule has 4 rings (SSSR count). The lowest BCUT2D eigenvalue weighted by molar-refractivity contribution is 0.153. The largest absolute Gasteiger partial charge is 0.491 e. The van der Waals surface area contributed by atoms with Gasteiger partial charge in [0.1, 0.15) is 12.4 Å². The van der Waals surface area contributed by atoms with Crippen molar-refractivity contribution in [3.63, 3.8) is 0 Å². The molecule has 176 valence electrons. The molecule has 5 nitrogen and oxygen atoms in total. The minimum atomic E-state index is -0.0449. The van der Waals surface area contributed by atoms with Gasteiger partial charge in [-0.05, 0) is 54.4 Å². The normalized spacial score (nSPS) is 18.5. The molecule has 0 aromatic heterocycles. The highest BCUT2D eigenvalue weighted by Gasteiger charge is 2.33. The van der Waals surface area contributed by atoms with Crippen LogP contribution in [-0.4, -0.2) is 42.4 Å². The molecule has 2 atom stereocenters. The number of aliphatic hydroxyl groups excluding tert-OH is 1. The van der Waals surface area contributed by atoms with Crippen LogP contribution in [0.15, 0.2) is 66.7 Å². The minimum Gasteiger partial charge on any atom is -0.491 e. The second kappa shape index (κ2) is 11.1. The number of rotatable bonds is 7. The fraction of sp³-hybridized carbons (Fsp3) is 0.296. The number of anilines is 1. The Labute approximate surface area is 210 Å². The molecule has 0 unspecified atom stereocenters. The Morgan fingerprint density at radius 2 is 1.76 bits per heavy atom. The number of hydrogen-bond donors (Lipinski definition) is 1. The van der Waals surface area contributed by atoms with Crippen LogP contribution in [-0.2, 0) is 6.54 Å². The van der Waals surface area contributed by atoms with Crippen molar-refractivity contribution >= 4 is 28.9 Å². The summed E-state index contributed by atoms with van der Waals surface area (Å²) in [6.07, 6.45) is 0. The molecule has 3 aromatic rings. The van der Waals surface area contributed by atoms with Gasteiger partial charge in [-0.1, -0.05) is 47.5 Å². The van der Waals surface area contributed by atoms with Crippen LogP contribution in [0, 0.1) is 11.3 Å². The Kier molecular flexibility index (Phi) is 7.97. The van der Waals surface area contributed by atoms with E-state index in [9.17, 15) is 0 Å². The number of nitriles is 1. The summed E-state index contributed by atoms with van der Waals surface area (Å²) in [5.41, 5.74) is 3.96. The number of ether oxygens (including phenoxy) is 1. The average molecular weight is 496 g/mol. The van der Waals surface area contributed by atoms with Crippen LogP contribution in [0.5, 0.6) is 5.75 Å². The number of halogens is 2. The molecule has 0 bridgehead atoms. The van der Waals surface area contributed by atoms with Gasteiger partial charge >= 0.3 is 0 Å². The van der Waals surface area contributed by atoms with Crippen LogP contribution in [0.1, 0.15) is 29.7 Å². The number of nitrogens with zero attached hydrogens (tertiary/aromatic N) is 3. The first-order valence-corrected chi connectivity index (χ1v) is 12.0. The highest BCUT2D eigenvalue weighted by Crippen LogP contribution is 2.38. The fourth-order valence-corrected chi connectivity index (χ4v) is 4.78. The molecule has 0 radical (unpaired) electrons. The maximum atomic E-state index is 9.09. The van der Waals surface area contributed by atoms with Crippen molar-refractivity contribution in [1.29, 1.82) is 5.26 Å². The van der Waals surface area contributed by atoms with Crippen LogP contribution in [0.2, 0.25) is 10.0 Å². The van der Waals surface area contributed by atoms with E-state index >= 15 is 0 Å². The number of piperazine rings is 1. The molecule has 0 spiro atoms. The molecule has 0 aliphatic carbocycles. The maximum Gasteiger partial charge on any atom is 0.121 e. The summed E-state index contributed by atoms with van der Waals surface area (Å²) in [5, 5.41) is 19.4. The second-order valence-electron chi connectivity index (χ2n) is 8.49. The predicted molar refractivity (Wildman–Crippen MR) is 137 cm³/mol. The Hall–Kier alpha value is -2.75. The van der Waals surface area contributed by atoms with E-state index in [1.807, 2.05) is 48.5 Å². The molecule has 0 amide bonds. The molecule has 7 heteroatoms. The molecule has 1 N–H and O–H groups in total. The van der Waals surface area contributed by atoms with E-state index in [0.717, 1.165) is 30.9 Å². The van der Waals surface area contributed by atoms with Crippen molar-refractivity contribution in [1.82, 2.24) is 4.90 Å². The van der Waals surface area contributed by atoms with Crippen molar-refractivity contribution in [2.75, 3.05) is 31.2 Å². The van der Waals surface area contributed by atoms with Gasteiger partial charge in [-0.3, -0.25) is 4.90 Å². The van der Waals surface area contributed by atoms with E-state index in [0.29, 0.717) is 21.4 Å². The highest BCUT2D eigenvalue weighted by molar-refractivity contribution is 6.33. The van der Waals surface area contributed by atoms with Crippen molar-refractivity contribution in [3.8, 4) is 11.8 Å². The zero-order valence-electron chi connectivity index (χ0n) is 19.0. The second-order valence-corrected chi connectivity index (χ2v) is 9.34. The van der Waals surface area contributed by atoms with Gasteiger partial charge in [0.25, 0.3) is 0 Å². The van der Waals surface area contributed by atoms with E-state index in [1.165, 1.54) is 5.56 Å². The fourth-order valence-electron chi connectivity index (χ4n) is 4.38. The third-order valence-corrected chi connectivity index (χ3v) is 6.73. The van der Waals surface area contributed by atoms with E-state index in [2.05, 4.69) is 34.9 Å². The minimum absolute atomic E-state index is 0.0449. The SMILES string of the molecule is C[C@@H]1CN(c2ccc(OCCO)cc2Cl)[C@H](c2ccc(Cl)cc2)CN1Cc1ccc(C#N)cc1. The zero-order chi connectivity index (χ0) is 24.1. The lowest BCUT2D eigenvalue weighted by atomic mass is 9.98. The van der Waals surface area contributed by atoms with Gasteiger partial charge in [-0.2, -0.15) is 5.26 Å². The van der Waals surface area contributed by atoms with Gasteiger partial charge in [0.2, 0.25) is 0 Å². The van der Waals surface area contributed by atoms with Crippen molar-refractivity contribution < 1.29 is 9.84 Å². The first-order chi connectivity index (χ1) is 16.5. The Morgan fingerprint density at radius 3 is 2.41 bits per heavy atom. The molecule has 1 aliphatic rings. The summed E-state index contributed by atoms with van der Waals surface area (Å²) >= 11 is 12.9. The van der Waals surface area contributed by atoms with E-state index in [-0.39, 0.29) is 25.3 Å². The van der Waals surface area contributed by atoms with Gasteiger partial charge in [0.05, 0.1) is 35.0 Å². The third kappa shape index (κ3) is 5.65. The van der Waals surface area contributed by atoms with Crippen molar-refractivity contribution in [2.45, 2.75) is 25.6 Å². The average Bonchev–Trinajstić information content (AvgIpc) is 2.85. The highest BCUT2D eigenvalue weighted by atomic mass is 35.5. The summed E-state index contributed by atoms with van der Waals surface area (Å²) in [5.74, 6) is 0.637. The van der Waals surface area contributed by atoms with Gasteiger partial charge in [0, 0.05) is 36.8 Å². The van der Waals surface area contributed by atoms with Gasteiger partial charge < -0.3 is 14.7 Å². The molecule has 0 saturated carbocycles. The molecule has 1 saturated heterocycles. The Bertz CT molecular complexity index is 1150. The van der Waals surface area contributed by atoms with Crippen LogP contribution >= 0.6 is 23.2 Å². The summed E-state index contributed by atoms with van der Waals surface area (Å²) in [6, 6.07) is 24.0. The summed E-state index contributed by atoms with van der Waals surface area (Å²) in [6.45, 7) is 4.81. The van der Waals surface area contributed by atoms with Crippen LogP contribution < -0.4 is 9.64 Å². The molecule has 34 heavy (non-hydrogen) atoms. The lowest BCUT2D eigenvalue weighted by Gasteiger charge is -2.47.